The molecular formula is C18H15FN6O2S2. The number of hydrogen-bond donors (Lipinski definition) is 1. The van der Waals surface area contributed by atoms with Crippen molar-refractivity contribution in [2.24, 2.45) is 0 Å². The van der Waals surface area contributed by atoms with Gasteiger partial charge in [0.25, 0.3) is 0 Å². The minimum absolute atomic E-state index is 0.0792. The van der Waals surface area contributed by atoms with Gasteiger partial charge in [-0.15, -0.1) is 5.10 Å². The fourth-order valence-electron chi connectivity index (χ4n) is 2.54. The van der Waals surface area contributed by atoms with Gasteiger partial charge in [-0.1, -0.05) is 29.2 Å². The number of tetrazole rings is 1. The molecular weight excluding hydrogens is 415 g/mol. The molecule has 0 unspecified atom stereocenters. The first kappa shape index (κ1) is 19.3. The van der Waals surface area contributed by atoms with Crippen LogP contribution in [0.3, 0.4) is 0 Å². The molecule has 2 aromatic heterocycles. The van der Waals surface area contributed by atoms with Crippen LogP contribution in [0.5, 0.6) is 5.75 Å². The molecule has 8 nitrogen and oxygen atoms in total. The molecule has 148 valence electrons. The van der Waals surface area contributed by atoms with Gasteiger partial charge in [0.05, 0.1) is 28.3 Å². The van der Waals surface area contributed by atoms with Crippen LogP contribution in [-0.4, -0.2) is 43.5 Å². The number of thioether (sulfide) groups is 1. The third-order valence-corrected chi connectivity index (χ3v) is 5.60. The Morgan fingerprint density at radius 2 is 2.21 bits per heavy atom. The molecule has 0 saturated heterocycles. The number of anilines is 1. The molecule has 11 heteroatoms. The van der Waals surface area contributed by atoms with Crippen molar-refractivity contribution in [1.29, 1.82) is 0 Å². The summed E-state index contributed by atoms with van der Waals surface area (Å²) in [5.41, 5.74) is 1.27. The highest BCUT2D eigenvalue weighted by Gasteiger charge is 2.14. The van der Waals surface area contributed by atoms with E-state index in [-0.39, 0.29) is 11.7 Å². The molecule has 0 aliphatic carbocycles. The number of hydrogen-bond acceptors (Lipinski definition) is 8. The molecule has 2 aromatic carbocycles. The number of fused-ring (bicyclic) bond motifs is 1. The van der Waals surface area contributed by atoms with Crippen molar-refractivity contribution in [3.8, 4) is 11.4 Å². The van der Waals surface area contributed by atoms with Crippen molar-refractivity contribution in [2.75, 3.05) is 17.7 Å². The highest BCUT2D eigenvalue weighted by atomic mass is 32.2. The fraction of sp³-hybridized carbons (Fsp3) is 0.167. The fourth-order valence-corrected chi connectivity index (χ4v) is 4.14. The molecule has 0 aliphatic heterocycles. The molecule has 1 amide bonds. The average Bonchev–Trinajstić information content (AvgIpc) is 3.32. The number of benzene rings is 2. The first-order valence-corrected chi connectivity index (χ1v) is 10.4. The van der Waals surface area contributed by atoms with Crippen LogP contribution in [-0.2, 0) is 4.79 Å². The second-order valence-electron chi connectivity index (χ2n) is 5.77. The van der Waals surface area contributed by atoms with E-state index in [1.165, 1.54) is 28.2 Å². The summed E-state index contributed by atoms with van der Waals surface area (Å²) in [6, 6.07) is 11.5. The number of carbonyl (C=O) groups is 1. The zero-order valence-corrected chi connectivity index (χ0v) is 16.8. The monoisotopic (exact) mass is 430 g/mol. The van der Waals surface area contributed by atoms with Gasteiger partial charge < -0.3 is 10.1 Å². The minimum atomic E-state index is -0.393. The topological polar surface area (TPSA) is 94.8 Å². The van der Waals surface area contributed by atoms with Crippen LogP contribution in [0.1, 0.15) is 6.92 Å². The van der Waals surface area contributed by atoms with Crippen LogP contribution in [0.15, 0.2) is 47.6 Å². The average molecular weight is 430 g/mol. The van der Waals surface area contributed by atoms with Crippen LogP contribution in [0.4, 0.5) is 9.52 Å². The molecule has 0 aliphatic rings. The summed E-state index contributed by atoms with van der Waals surface area (Å²) in [6.07, 6.45) is 0. The molecule has 0 fully saturated rings. The van der Waals surface area contributed by atoms with Crippen molar-refractivity contribution in [3.05, 3.63) is 48.3 Å². The molecule has 0 bridgehead atoms. The van der Waals surface area contributed by atoms with Gasteiger partial charge >= 0.3 is 0 Å². The zero-order chi connectivity index (χ0) is 20.2. The predicted molar refractivity (Wildman–Crippen MR) is 109 cm³/mol. The van der Waals surface area contributed by atoms with Crippen molar-refractivity contribution in [2.45, 2.75) is 12.1 Å². The highest BCUT2D eigenvalue weighted by molar-refractivity contribution is 7.99. The normalized spacial score (nSPS) is 11.0. The number of aromatic nitrogens is 5. The van der Waals surface area contributed by atoms with E-state index in [2.05, 4.69) is 25.8 Å². The van der Waals surface area contributed by atoms with Gasteiger partial charge in [-0.2, -0.15) is 4.68 Å². The third-order valence-electron chi connectivity index (χ3n) is 3.74. The number of nitrogens with zero attached hydrogens (tertiary/aromatic N) is 5. The Kier molecular flexibility index (Phi) is 5.67. The molecule has 0 spiro atoms. The molecule has 0 atom stereocenters. The Balaban J connectivity index is 1.41. The SMILES string of the molecule is CCOc1ccc2nc(NC(=O)CSc3nnnn3-c3cccc(F)c3)sc2c1. The van der Waals surface area contributed by atoms with E-state index in [0.29, 0.717) is 22.6 Å². The highest BCUT2D eigenvalue weighted by Crippen LogP contribution is 2.29. The van der Waals surface area contributed by atoms with E-state index >= 15 is 0 Å². The quantitative estimate of drug-likeness (QED) is 0.448. The lowest BCUT2D eigenvalue weighted by Gasteiger charge is -2.04. The van der Waals surface area contributed by atoms with Crippen molar-refractivity contribution in [3.63, 3.8) is 0 Å². The lowest BCUT2D eigenvalue weighted by molar-refractivity contribution is -0.113. The first-order chi connectivity index (χ1) is 14.1. The number of halogens is 1. The number of amides is 1. The lowest BCUT2D eigenvalue weighted by Crippen LogP contribution is -2.14. The molecule has 0 radical (unpaired) electrons. The largest absolute Gasteiger partial charge is 0.494 e. The maximum Gasteiger partial charge on any atom is 0.236 e. The summed E-state index contributed by atoms with van der Waals surface area (Å²) < 4.78 is 21.2. The van der Waals surface area contributed by atoms with Gasteiger partial charge in [0.15, 0.2) is 5.13 Å². The molecule has 2 heterocycles. The van der Waals surface area contributed by atoms with Gasteiger partial charge in [0, 0.05) is 0 Å². The van der Waals surface area contributed by atoms with E-state index in [4.69, 9.17) is 4.74 Å². The molecule has 29 heavy (non-hydrogen) atoms. The van der Waals surface area contributed by atoms with E-state index < -0.39 is 5.82 Å². The second-order valence-corrected chi connectivity index (χ2v) is 7.74. The Morgan fingerprint density at radius 3 is 3.03 bits per heavy atom. The van der Waals surface area contributed by atoms with E-state index in [0.717, 1.165) is 27.7 Å². The predicted octanol–water partition coefficient (Wildman–Crippen LogP) is 3.54. The van der Waals surface area contributed by atoms with Crippen LogP contribution in [0.25, 0.3) is 15.9 Å². The summed E-state index contributed by atoms with van der Waals surface area (Å²) in [7, 11) is 0. The van der Waals surface area contributed by atoms with E-state index in [1.54, 1.807) is 12.1 Å². The van der Waals surface area contributed by atoms with Gasteiger partial charge in [-0.25, -0.2) is 9.37 Å². The van der Waals surface area contributed by atoms with E-state index in [1.807, 2.05) is 25.1 Å². The van der Waals surface area contributed by atoms with Gasteiger partial charge in [-0.3, -0.25) is 4.79 Å². The number of ether oxygens (including phenoxy) is 1. The summed E-state index contributed by atoms with van der Waals surface area (Å²) in [4.78, 5) is 16.7. The van der Waals surface area contributed by atoms with E-state index in [9.17, 15) is 9.18 Å². The van der Waals surface area contributed by atoms with Crippen LogP contribution >= 0.6 is 23.1 Å². The molecule has 4 aromatic rings. The van der Waals surface area contributed by atoms with Crippen LogP contribution in [0, 0.1) is 5.82 Å². The number of carbonyl (C=O) groups excluding carboxylic acids is 1. The number of nitrogens with one attached hydrogen (secondary N) is 1. The lowest BCUT2D eigenvalue weighted by atomic mass is 10.3. The zero-order valence-electron chi connectivity index (χ0n) is 15.2. The molecule has 4 rings (SSSR count). The number of rotatable bonds is 7. The van der Waals surface area contributed by atoms with Gasteiger partial charge in [0.1, 0.15) is 11.6 Å². The minimum Gasteiger partial charge on any atom is -0.494 e. The van der Waals surface area contributed by atoms with Crippen molar-refractivity contribution < 1.29 is 13.9 Å². The maximum absolute atomic E-state index is 13.4. The Bertz CT molecular complexity index is 1160. The summed E-state index contributed by atoms with van der Waals surface area (Å²) >= 11 is 2.52. The summed E-state index contributed by atoms with van der Waals surface area (Å²) in [5, 5.41) is 15.0. The third kappa shape index (κ3) is 4.51. The van der Waals surface area contributed by atoms with Crippen LogP contribution < -0.4 is 10.1 Å². The van der Waals surface area contributed by atoms with Crippen LogP contribution in [0.2, 0.25) is 0 Å². The Hall–Kier alpha value is -3.05. The van der Waals surface area contributed by atoms with Gasteiger partial charge in [0.2, 0.25) is 11.1 Å². The summed E-state index contributed by atoms with van der Waals surface area (Å²) in [5.74, 6) is 0.208. The Morgan fingerprint density at radius 1 is 1.31 bits per heavy atom. The van der Waals surface area contributed by atoms with Crippen molar-refractivity contribution in [1.82, 2.24) is 25.2 Å². The van der Waals surface area contributed by atoms with Gasteiger partial charge in [-0.05, 0) is 53.7 Å². The Labute approximate surface area is 173 Å². The first-order valence-electron chi connectivity index (χ1n) is 8.63. The maximum atomic E-state index is 13.4. The van der Waals surface area contributed by atoms with Crippen molar-refractivity contribution >= 4 is 44.4 Å². The molecule has 1 N–H and O–H groups in total. The second kappa shape index (κ2) is 8.53. The summed E-state index contributed by atoms with van der Waals surface area (Å²) in [6.45, 7) is 2.50. The standard InChI is InChI=1S/C18H15FN6O2S2/c1-2-27-13-6-7-14-15(9-13)29-17(20-14)21-16(26)10-28-18-22-23-24-25(18)12-5-3-4-11(19)8-12/h3-9H,2,10H2,1H3,(H,20,21,26). The number of thiazole rings is 1. The smallest absolute Gasteiger partial charge is 0.236 e. The molecule has 0 saturated carbocycles.